The van der Waals surface area contributed by atoms with E-state index in [9.17, 15) is 0 Å². The highest BCUT2D eigenvalue weighted by molar-refractivity contribution is 6.11. The Balaban J connectivity index is 1.05. The molecule has 0 aliphatic carbocycles. The van der Waals surface area contributed by atoms with Crippen LogP contribution in [-0.4, -0.2) is 9.13 Å². The first-order valence-electron chi connectivity index (χ1n) is 17.7. The highest BCUT2D eigenvalue weighted by Gasteiger charge is 2.17. The van der Waals surface area contributed by atoms with E-state index in [1.54, 1.807) is 0 Å². The number of allylic oxidation sites excluding steroid dienone is 1. The second kappa shape index (κ2) is 11.9. The van der Waals surface area contributed by atoms with Crippen LogP contribution in [0.4, 0.5) is 0 Å². The maximum absolute atomic E-state index is 6.14. The number of aromatic nitrogens is 2. The van der Waals surface area contributed by atoms with Gasteiger partial charge in [0.1, 0.15) is 11.2 Å². The fourth-order valence-corrected chi connectivity index (χ4v) is 8.05. The summed E-state index contributed by atoms with van der Waals surface area (Å²) in [6, 6.07) is 56.6. The number of hydrogen-bond donors (Lipinski definition) is 0. The van der Waals surface area contributed by atoms with Crippen LogP contribution in [0.5, 0.6) is 0 Å². The fourth-order valence-electron chi connectivity index (χ4n) is 8.05. The summed E-state index contributed by atoms with van der Waals surface area (Å²) >= 11 is 0. The molecule has 0 saturated heterocycles. The van der Waals surface area contributed by atoms with Crippen molar-refractivity contribution in [3.8, 4) is 33.6 Å². The summed E-state index contributed by atoms with van der Waals surface area (Å²) in [5.41, 5.74) is 14.6. The van der Waals surface area contributed by atoms with Crippen molar-refractivity contribution >= 4 is 66.8 Å². The van der Waals surface area contributed by atoms with Gasteiger partial charge < -0.3 is 13.6 Å². The molecule has 0 aliphatic heterocycles. The van der Waals surface area contributed by atoms with Gasteiger partial charge in [-0.3, -0.25) is 0 Å². The summed E-state index contributed by atoms with van der Waals surface area (Å²) in [6.45, 7) is 6.27. The Kier molecular flexibility index (Phi) is 6.87. The summed E-state index contributed by atoms with van der Waals surface area (Å²) in [4.78, 5) is 0. The minimum Gasteiger partial charge on any atom is -0.456 e. The summed E-state index contributed by atoms with van der Waals surface area (Å²) in [5, 5.41) is 5.92. The predicted octanol–water partition coefficient (Wildman–Crippen LogP) is 13.6. The van der Waals surface area contributed by atoms with E-state index in [1.165, 1.54) is 55.0 Å². The molecule has 0 radical (unpaired) electrons. The molecule has 0 saturated carbocycles. The van der Waals surface area contributed by atoms with Crippen molar-refractivity contribution in [2.45, 2.75) is 6.92 Å². The number of fused-ring (bicyclic) bond motifs is 7. The number of furan rings is 1. The summed E-state index contributed by atoms with van der Waals surface area (Å²) < 4.78 is 10.8. The topological polar surface area (TPSA) is 23.0 Å². The molecule has 7 aromatic carbocycles. The van der Waals surface area contributed by atoms with E-state index in [4.69, 9.17) is 4.42 Å². The number of hydrogen-bond acceptors (Lipinski definition) is 1. The highest BCUT2D eigenvalue weighted by Crippen LogP contribution is 2.39. The predicted molar refractivity (Wildman–Crippen MR) is 221 cm³/mol. The molecular weight excluding hydrogens is 633 g/mol. The van der Waals surface area contributed by atoms with Crippen LogP contribution in [0.25, 0.3) is 100 Å². The second-order valence-electron chi connectivity index (χ2n) is 13.3. The summed E-state index contributed by atoms with van der Waals surface area (Å²) in [7, 11) is 0. The zero-order valence-corrected chi connectivity index (χ0v) is 28.8. The smallest absolute Gasteiger partial charge is 0.135 e. The monoisotopic (exact) mass is 666 g/mol. The van der Waals surface area contributed by atoms with E-state index in [0.717, 1.165) is 44.6 Å². The molecule has 10 aromatic rings. The molecular formula is C49H34N2O. The van der Waals surface area contributed by atoms with Gasteiger partial charge in [0.05, 0.1) is 22.2 Å². The maximum Gasteiger partial charge on any atom is 0.135 e. The zero-order chi connectivity index (χ0) is 34.8. The molecule has 0 bridgehead atoms. The molecule has 3 aromatic heterocycles. The van der Waals surface area contributed by atoms with Gasteiger partial charge in [0, 0.05) is 43.9 Å². The lowest BCUT2D eigenvalue weighted by atomic mass is 9.98. The minimum atomic E-state index is 0.904. The van der Waals surface area contributed by atoms with Crippen molar-refractivity contribution in [2.75, 3.05) is 0 Å². The van der Waals surface area contributed by atoms with E-state index in [-0.39, 0.29) is 0 Å². The lowest BCUT2D eigenvalue weighted by Crippen LogP contribution is -1.96. The van der Waals surface area contributed by atoms with Crippen LogP contribution in [0.15, 0.2) is 175 Å². The standard InChI is InChI=1S/C49H34N2O/c1-3-12-44-38(4-2)41-29-34(23-26-46(41)50(44)36-13-6-5-7-14-36)32-19-21-33(22-20-32)35-24-27-47-42(30-35)39-15-8-10-17-45(39)51(47)37-25-28-49-43(31-37)40-16-9-11-18-48(40)52-49/h3-31H,2H2,1H3/b12-3-. The maximum atomic E-state index is 6.14. The van der Waals surface area contributed by atoms with Gasteiger partial charge in [-0.05, 0) is 102 Å². The molecule has 0 amide bonds. The van der Waals surface area contributed by atoms with Crippen LogP contribution >= 0.6 is 0 Å². The van der Waals surface area contributed by atoms with Crippen LogP contribution < -0.4 is 0 Å². The van der Waals surface area contributed by atoms with E-state index < -0.39 is 0 Å². The Bertz CT molecular complexity index is 3020. The Labute approximate surface area is 301 Å². The van der Waals surface area contributed by atoms with Crippen LogP contribution in [-0.2, 0) is 0 Å². The molecule has 52 heavy (non-hydrogen) atoms. The Morgan fingerprint density at radius 2 is 1.06 bits per heavy atom. The van der Waals surface area contributed by atoms with Crippen molar-refractivity contribution in [1.29, 1.82) is 0 Å². The number of benzene rings is 7. The largest absolute Gasteiger partial charge is 0.456 e. The van der Waals surface area contributed by atoms with E-state index in [2.05, 4.69) is 180 Å². The molecule has 0 fully saturated rings. The van der Waals surface area contributed by atoms with Gasteiger partial charge in [-0.1, -0.05) is 110 Å². The molecule has 0 atom stereocenters. The number of nitrogens with zero attached hydrogens (tertiary/aromatic N) is 2. The van der Waals surface area contributed by atoms with Crippen molar-refractivity contribution in [3.05, 3.63) is 182 Å². The normalized spacial score (nSPS) is 11.9. The first-order chi connectivity index (χ1) is 25.7. The molecule has 3 heteroatoms. The average Bonchev–Trinajstić information content (AvgIpc) is 3.84. The van der Waals surface area contributed by atoms with Crippen molar-refractivity contribution in [1.82, 2.24) is 9.13 Å². The van der Waals surface area contributed by atoms with Crippen LogP contribution in [0.2, 0.25) is 0 Å². The Morgan fingerprint density at radius 3 is 1.79 bits per heavy atom. The van der Waals surface area contributed by atoms with Gasteiger partial charge in [-0.2, -0.15) is 0 Å². The summed E-state index contributed by atoms with van der Waals surface area (Å²) in [5.74, 6) is 0. The molecule has 0 aliphatic rings. The van der Waals surface area contributed by atoms with Gasteiger partial charge >= 0.3 is 0 Å². The average molecular weight is 667 g/mol. The Hall–Kier alpha value is -6.84. The first kappa shape index (κ1) is 30.0. The van der Waals surface area contributed by atoms with E-state index in [0.29, 0.717) is 0 Å². The first-order valence-corrected chi connectivity index (χ1v) is 17.7. The van der Waals surface area contributed by atoms with Crippen molar-refractivity contribution in [2.24, 2.45) is 0 Å². The van der Waals surface area contributed by atoms with E-state index in [1.807, 2.05) is 18.2 Å². The van der Waals surface area contributed by atoms with Gasteiger partial charge in [0.2, 0.25) is 0 Å². The third-order valence-electron chi connectivity index (χ3n) is 10.4. The van der Waals surface area contributed by atoms with E-state index >= 15 is 0 Å². The third-order valence-corrected chi connectivity index (χ3v) is 10.4. The zero-order valence-electron chi connectivity index (χ0n) is 28.8. The van der Waals surface area contributed by atoms with Gasteiger partial charge in [-0.25, -0.2) is 0 Å². The van der Waals surface area contributed by atoms with Crippen LogP contribution in [0.1, 0.15) is 18.2 Å². The second-order valence-corrected chi connectivity index (χ2v) is 13.3. The molecule has 0 unspecified atom stereocenters. The highest BCUT2D eigenvalue weighted by atomic mass is 16.3. The van der Waals surface area contributed by atoms with Crippen molar-refractivity contribution in [3.63, 3.8) is 0 Å². The molecule has 0 spiro atoms. The minimum absolute atomic E-state index is 0.904. The van der Waals surface area contributed by atoms with Crippen LogP contribution in [0, 0.1) is 0 Å². The number of rotatable bonds is 6. The number of para-hydroxylation sites is 3. The lowest BCUT2D eigenvalue weighted by molar-refractivity contribution is 0.669. The molecule has 3 nitrogen and oxygen atoms in total. The lowest BCUT2D eigenvalue weighted by Gasteiger charge is -2.10. The molecule has 246 valence electrons. The van der Waals surface area contributed by atoms with Crippen LogP contribution in [0.3, 0.4) is 0 Å². The van der Waals surface area contributed by atoms with Gasteiger partial charge in [-0.15, -0.1) is 0 Å². The fraction of sp³-hybridized carbons (Fsp3) is 0.0204. The quantitative estimate of drug-likeness (QED) is 0.173. The van der Waals surface area contributed by atoms with Crippen molar-refractivity contribution < 1.29 is 4.42 Å². The SMILES string of the molecule is C=Cc1c(/C=C\C)n(-c2ccccc2)c2ccc(-c3ccc(-c4ccc5c(c4)c4ccccc4n5-c4ccc5oc6ccccc6c5c4)cc3)cc12. The summed E-state index contributed by atoms with van der Waals surface area (Å²) in [6.07, 6.45) is 6.25. The Morgan fingerprint density at radius 1 is 0.462 bits per heavy atom. The molecule has 0 N–H and O–H groups in total. The van der Waals surface area contributed by atoms with Gasteiger partial charge in [0.15, 0.2) is 0 Å². The molecule has 3 heterocycles. The molecule has 10 rings (SSSR count). The van der Waals surface area contributed by atoms with Gasteiger partial charge in [0.25, 0.3) is 0 Å². The third kappa shape index (κ3) is 4.60.